The number of para-hydroxylation sites is 1. The number of nitrogens with one attached hydrogen (secondary N) is 2. The Labute approximate surface area is 134 Å². The molecule has 4 rings (SSSR count). The second-order valence-corrected chi connectivity index (χ2v) is 6.06. The highest BCUT2D eigenvalue weighted by Gasteiger charge is 2.26. The minimum absolute atomic E-state index is 0.0284. The number of aromatic amines is 2. The van der Waals surface area contributed by atoms with E-state index in [1.54, 1.807) is 0 Å². The minimum atomic E-state index is 0.0284. The summed E-state index contributed by atoms with van der Waals surface area (Å²) in [5, 5.41) is 8.46. The quantitative estimate of drug-likeness (QED) is 0.764. The highest BCUT2D eigenvalue weighted by molar-refractivity contribution is 5.98. The number of carbonyl (C=O) groups is 1. The van der Waals surface area contributed by atoms with Crippen LogP contribution in [0.2, 0.25) is 0 Å². The molecule has 0 saturated carbocycles. The lowest BCUT2D eigenvalue weighted by Gasteiger charge is -2.26. The third-order valence-corrected chi connectivity index (χ3v) is 4.39. The first kappa shape index (κ1) is 13.8. The van der Waals surface area contributed by atoms with Gasteiger partial charge >= 0.3 is 0 Å². The highest BCUT2D eigenvalue weighted by Crippen LogP contribution is 2.26. The molecule has 0 spiro atoms. The van der Waals surface area contributed by atoms with Crippen molar-refractivity contribution in [2.75, 3.05) is 6.54 Å². The van der Waals surface area contributed by atoms with Crippen LogP contribution in [0.25, 0.3) is 16.5 Å². The Morgan fingerprint density at radius 3 is 2.96 bits per heavy atom. The normalized spacial score (nSPS) is 14.0. The first-order valence-corrected chi connectivity index (χ1v) is 7.72. The lowest BCUT2D eigenvalue weighted by molar-refractivity contribution is 0.0729. The Kier molecular flexibility index (Phi) is 3.08. The van der Waals surface area contributed by atoms with Gasteiger partial charge in [-0.05, 0) is 24.6 Å². The highest BCUT2D eigenvalue weighted by atomic mass is 16.2. The van der Waals surface area contributed by atoms with Gasteiger partial charge in [0.25, 0.3) is 5.91 Å². The maximum atomic E-state index is 12.8. The molecule has 5 nitrogen and oxygen atoms in total. The molecule has 116 valence electrons. The number of hydrogen-bond acceptors (Lipinski definition) is 2. The summed E-state index contributed by atoms with van der Waals surface area (Å²) in [6, 6.07) is 9.84. The molecule has 1 amide bonds. The van der Waals surface area contributed by atoms with E-state index in [4.69, 9.17) is 0 Å². The van der Waals surface area contributed by atoms with Crippen LogP contribution in [-0.4, -0.2) is 32.5 Å². The number of fused-ring (bicyclic) bond motifs is 2. The molecular formula is C18H18N4O. The van der Waals surface area contributed by atoms with Gasteiger partial charge in [0.15, 0.2) is 0 Å². The van der Waals surface area contributed by atoms with Gasteiger partial charge in [0.05, 0.1) is 12.2 Å². The van der Waals surface area contributed by atoms with E-state index >= 15 is 0 Å². The number of H-pyrrole nitrogens is 2. The van der Waals surface area contributed by atoms with Gasteiger partial charge in [-0.25, -0.2) is 0 Å². The number of allylic oxidation sites excluding steroid dienone is 1. The topological polar surface area (TPSA) is 64.8 Å². The maximum Gasteiger partial charge on any atom is 0.270 e. The van der Waals surface area contributed by atoms with E-state index in [9.17, 15) is 4.79 Å². The Hall–Kier alpha value is -2.82. The van der Waals surface area contributed by atoms with E-state index < -0.39 is 0 Å². The number of nitrogens with zero attached hydrogens (tertiary/aromatic N) is 2. The summed E-state index contributed by atoms with van der Waals surface area (Å²) in [4.78, 5) is 17.9. The van der Waals surface area contributed by atoms with Crippen LogP contribution >= 0.6 is 0 Å². The first-order chi connectivity index (χ1) is 11.1. The molecule has 23 heavy (non-hydrogen) atoms. The molecule has 2 N–H and O–H groups in total. The van der Waals surface area contributed by atoms with Crippen molar-refractivity contribution >= 4 is 22.4 Å². The van der Waals surface area contributed by atoms with E-state index in [0.717, 1.165) is 39.8 Å². The zero-order chi connectivity index (χ0) is 16.0. The number of hydrogen-bond donors (Lipinski definition) is 2. The van der Waals surface area contributed by atoms with E-state index in [1.165, 1.54) is 0 Å². The molecule has 2 aromatic heterocycles. The summed E-state index contributed by atoms with van der Waals surface area (Å²) in [5.74, 6) is 0.0284. The third kappa shape index (κ3) is 2.25. The average molecular weight is 306 g/mol. The molecule has 1 aliphatic rings. The van der Waals surface area contributed by atoms with Crippen LogP contribution < -0.4 is 0 Å². The number of aromatic nitrogens is 3. The zero-order valence-electron chi connectivity index (χ0n) is 13.0. The van der Waals surface area contributed by atoms with Crippen LogP contribution in [-0.2, 0) is 13.0 Å². The minimum Gasteiger partial charge on any atom is -0.351 e. The van der Waals surface area contributed by atoms with Crippen molar-refractivity contribution in [3.05, 3.63) is 59.6 Å². The summed E-state index contributed by atoms with van der Waals surface area (Å²) < 4.78 is 0. The lowest BCUT2D eigenvalue weighted by Crippen LogP contribution is -2.36. The molecule has 3 heterocycles. The van der Waals surface area contributed by atoms with Gasteiger partial charge in [-0.15, -0.1) is 0 Å². The molecular weight excluding hydrogens is 288 g/mol. The van der Waals surface area contributed by atoms with E-state index in [0.29, 0.717) is 18.8 Å². The molecule has 1 aromatic carbocycles. The number of rotatable bonds is 2. The standard InChI is InChI=1S/C18H18N4O/c1-11(2)17-13-10-22(8-7-15(13)20-21-17)18(23)16-9-12-5-3-4-6-14(12)19-16/h3-6,9,19H,1,7-8,10H2,2H3,(H,20,21). The monoisotopic (exact) mass is 306 g/mol. The van der Waals surface area contributed by atoms with Crippen LogP contribution in [0.3, 0.4) is 0 Å². The molecule has 0 radical (unpaired) electrons. The smallest absolute Gasteiger partial charge is 0.270 e. The molecule has 3 aromatic rings. The van der Waals surface area contributed by atoms with Crippen molar-refractivity contribution < 1.29 is 4.79 Å². The zero-order valence-corrected chi connectivity index (χ0v) is 13.0. The van der Waals surface area contributed by atoms with E-state index in [2.05, 4.69) is 21.8 Å². The Morgan fingerprint density at radius 1 is 1.35 bits per heavy atom. The van der Waals surface area contributed by atoms with Crippen molar-refractivity contribution in [3.63, 3.8) is 0 Å². The molecule has 0 aliphatic carbocycles. The third-order valence-electron chi connectivity index (χ3n) is 4.39. The number of carbonyl (C=O) groups excluding carboxylic acids is 1. The van der Waals surface area contributed by atoms with Crippen molar-refractivity contribution in [1.82, 2.24) is 20.1 Å². The SMILES string of the molecule is C=C(C)c1n[nH]c2c1CN(C(=O)c1cc3ccccc3[nH]1)CC2. The molecule has 0 bridgehead atoms. The summed E-state index contributed by atoms with van der Waals surface area (Å²) in [7, 11) is 0. The van der Waals surface area contributed by atoms with Crippen LogP contribution in [0.5, 0.6) is 0 Å². The van der Waals surface area contributed by atoms with Crippen LogP contribution in [0.4, 0.5) is 0 Å². The van der Waals surface area contributed by atoms with Gasteiger partial charge in [-0.3, -0.25) is 9.89 Å². The first-order valence-electron chi connectivity index (χ1n) is 7.72. The lowest BCUT2D eigenvalue weighted by atomic mass is 10.0. The molecule has 0 fully saturated rings. The number of benzene rings is 1. The predicted octanol–water partition coefficient (Wildman–Crippen LogP) is 3.12. The molecule has 0 saturated heterocycles. The van der Waals surface area contributed by atoms with Gasteiger partial charge < -0.3 is 9.88 Å². The summed E-state index contributed by atoms with van der Waals surface area (Å²) >= 11 is 0. The molecule has 1 aliphatic heterocycles. The predicted molar refractivity (Wildman–Crippen MR) is 90.0 cm³/mol. The largest absolute Gasteiger partial charge is 0.351 e. The second-order valence-electron chi connectivity index (χ2n) is 6.06. The molecule has 0 atom stereocenters. The Morgan fingerprint density at radius 2 is 2.17 bits per heavy atom. The fraction of sp³-hybridized carbons (Fsp3) is 0.222. The fourth-order valence-corrected chi connectivity index (χ4v) is 3.18. The van der Waals surface area contributed by atoms with Gasteiger partial charge in [0, 0.05) is 35.1 Å². The summed E-state index contributed by atoms with van der Waals surface area (Å²) in [6.07, 6.45) is 0.793. The summed E-state index contributed by atoms with van der Waals surface area (Å²) in [6.45, 7) is 7.17. The van der Waals surface area contributed by atoms with Crippen molar-refractivity contribution in [2.24, 2.45) is 0 Å². The molecule has 5 heteroatoms. The Bertz CT molecular complexity index is 885. The fourth-order valence-electron chi connectivity index (χ4n) is 3.18. The van der Waals surface area contributed by atoms with Crippen molar-refractivity contribution in [2.45, 2.75) is 19.9 Å². The van der Waals surface area contributed by atoms with Gasteiger partial charge in [0.2, 0.25) is 0 Å². The number of amides is 1. The van der Waals surface area contributed by atoms with Gasteiger partial charge in [-0.1, -0.05) is 24.8 Å². The van der Waals surface area contributed by atoms with Crippen LogP contribution in [0, 0.1) is 0 Å². The average Bonchev–Trinajstić information content (AvgIpc) is 3.17. The maximum absolute atomic E-state index is 12.8. The second kappa shape index (κ2) is 5.12. The van der Waals surface area contributed by atoms with Gasteiger partial charge in [0.1, 0.15) is 5.69 Å². The molecule has 0 unspecified atom stereocenters. The van der Waals surface area contributed by atoms with E-state index in [-0.39, 0.29) is 5.91 Å². The Balaban J connectivity index is 1.64. The van der Waals surface area contributed by atoms with Crippen molar-refractivity contribution in [1.29, 1.82) is 0 Å². The van der Waals surface area contributed by atoms with Crippen LogP contribution in [0.15, 0.2) is 36.9 Å². The van der Waals surface area contributed by atoms with Gasteiger partial charge in [-0.2, -0.15) is 5.10 Å². The van der Waals surface area contributed by atoms with Crippen LogP contribution in [0.1, 0.15) is 34.4 Å². The van der Waals surface area contributed by atoms with E-state index in [1.807, 2.05) is 42.2 Å². The summed E-state index contributed by atoms with van der Waals surface area (Å²) in [5.41, 5.74) is 5.63. The van der Waals surface area contributed by atoms with Crippen molar-refractivity contribution in [3.8, 4) is 0 Å².